The lowest BCUT2D eigenvalue weighted by molar-refractivity contribution is 0.143. The van der Waals surface area contributed by atoms with Gasteiger partial charge in [-0.1, -0.05) is 25.1 Å². The van der Waals surface area contributed by atoms with E-state index in [0.717, 1.165) is 24.9 Å². The summed E-state index contributed by atoms with van der Waals surface area (Å²) >= 11 is 0. The molecule has 2 aliphatic rings. The van der Waals surface area contributed by atoms with Crippen molar-refractivity contribution in [2.75, 3.05) is 13.2 Å². The number of likely N-dealkylation sites (tertiary alicyclic amines) is 1. The average Bonchev–Trinajstić information content (AvgIpc) is 3.10. The van der Waals surface area contributed by atoms with Crippen molar-refractivity contribution in [2.24, 2.45) is 5.92 Å². The Balaban J connectivity index is 1.58. The van der Waals surface area contributed by atoms with Crippen LogP contribution < -0.4 is 5.32 Å². The standard InChI is InChI=1S/C17H24N2O2/c1-12-7-8-19(16(12)11-20)17(21)18-10-13-5-6-14-3-2-4-15(14)9-13/h5-6,9,12,16,20H,2-4,7-8,10-11H2,1H3,(H,18,21)/t12-,16+/m1/s1. The molecular formula is C17H24N2O2. The molecule has 21 heavy (non-hydrogen) atoms. The zero-order valence-electron chi connectivity index (χ0n) is 12.6. The van der Waals surface area contributed by atoms with Crippen molar-refractivity contribution in [1.82, 2.24) is 10.2 Å². The average molecular weight is 288 g/mol. The van der Waals surface area contributed by atoms with Gasteiger partial charge in [-0.15, -0.1) is 0 Å². The van der Waals surface area contributed by atoms with E-state index in [4.69, 9.17) is 0 Å². The molecule has 1 aromatic carbocycles. The second kappa shape index (κ2) is 6.06. The number of amides is 2. The first kappa shape index (κ1) is 14.4. The van der Waals surface area contributed by atoms with Gasteiger partial charge in [0.1, 0.15) is 0 Å². The zero-order valence-corrected chi connectivity index (χ0v) is 12.6. The molecule has 1 aromatic rings. The number of benzene rings is 1. The SMILES string of the molecule is C[C@@H]1CCN(C(=O)NCc2ccc3c(c2)CCC3)[C@H]1CO. The van der Waals surface area contributed by atoms with Crippen LogP contribution in [0.1, 0.15) is 36.5 Å². The number of aryl methyl sites for hydroxylation is 2. The third kappa shape index (κ3) is 2.91. The van der Waals surface area contributed by atoms with E-state index in [0.29, 0.717) is 12.5 Å². The van der Waals surface area contributed by atoms with Crippen LogP contribution in [0, 0.1) is 5.92 Å². The van der Waals surface area contributed by atoms with Crippen molar-refractivity contribution in [3.8, 4) is 0 Å². The maximum atomic E-state index is 12.3. The lowest BCUT2D eigenvalue weighted by atomic mass is 10.0. The molecule has 1 fully saturated rings. The molecule has 0 spiro atoms. The van der Waals surface area contributed by atoms with Crippen LogP contribution >= 0.6 is 0 Å². The third-order valence-electron chi connectivity index (χ3n) is 4.94. The van der Waals surface area contributed by atoms with Crippen molar-refractivity contribution in [2.45, 2.75) is 45.2 Å². The molecular weight excluding hydrogens is 264 g/mol. The van der Waals surface area contributed by atoms with Crippen molar-refractivity contribution in [3.05, 3.63) is 34.9 Å². The molecule has 2 amide bonds. The number of carbonyl (C=O) groups is 1. The lowest BCUT2D eigenvalue weighted by Gasteiger charge is -2.25. The molecule has 0 bridgehead atoms. The number of nitrogens with zero attached hydrogens (tertiary/aromatic N) is 1. The van der Waals surface area contributed by atoms with Crippen molar-refractivity contribution in [3.63, 3.8) is 0 Å². The minimum Gasteiger partial charge on any atom is -0.394 e. The first-order valence-corrected chi connectivity index (χ1v) is 7.95. The van der Waals surface area contributed by atoms with Crippen LogP contribution in [-0.4, -0.2) is 35.2 Å². The molecule has 0 aromatic heterocycles. The minimum absolute atomic E-state index is 0.0370. The molecule has 2 N–H and O–H groups in total. The first-order valence-electron chi connectivity index (χ1n) is 7.95. The molecule has 2 atom stereocenters. The number of rotatable bonds is 3. The lowest BCUT2D eigenvalue weighted by Crippen LogP contribution is -2.45. The summed E-state index contributed by atoms with van der Waals surface area (Å²) in [7, 11) is 0. The minimum atomic E-state index is -0.0566. The largest absolute Gasteiger partial charge is 0.394 e. The smallest absolute Gasteiger partial charge is 0.318 e. The van der Waals surface area contributed by atoms with Crippen molar-refractivity contribution < 1.29 is 9.90 Å². The summed E-state index contributed by atoms with van der Waals surface area (Å²) in [6, 6.07) is 6.43. The summed E-state index contributed by atoms with van der Waals surface area (Å²) in [5.41, 5.74) is 4.06. The Labute approximate surface area is 126 Å². The normalized spacial score (nSPS) is 24.2. The molecule has 1 saturated heterocycles. The number of aliphatic hydroxyl groups is 1. The number of hydrogen-bond donors (Lipinski definition) is 2. The number of aliphatic hydroxyl groups excluding tert-OH is 1. The highest BCUT2D eigenvalue weighted by Gasteiger charge is 2.33. The van der Waals surface area contributed by atoms with Gasteiger partial charge in [-0.3, -0.25) is 0 Å². The number of nitrogens with one attached hydrogen (secondary N) is 1. The van der Waals surface area contributed by atoms with Crippen molar-refractivity contribution in [1.29, 1.82) is 0 Å². The van der Waals surface area contributed by atoms with Crippen molar-refractivity contribution >= 4 is 6.03 Å². The van der Waals surface area contributed by atoms with Crippen LogP contribution in [0.4, 0.5) is 4.79 Å². The fourth-order valence-electron chi connectivity index (χ4n) is 3.55. The second-order valence-corrected chi connectivity index (χ2v) is 6.32. The molecule has 1 heterocycles. The zero-order chi connectivity index (χ0) is 14.8. The Kier molecular flexibility index (Phi) is 4.15. The van der Waals surface area contributed by atoms with E-state index in [2.05, 4.69) is 30.4 Å². The molecule has 114 valence electrons. The topological polar surface area (TPSA) is 52.6 Å². The van der Waals surface area contributed by atoms with Gasteiger partial charge >= 0.3 is 6.03 Å². The van der Waals surface area contributed by atoms with Crippen LogP contribution in [0.15, 0.2) is 18.2 Å². The number of carbonyl (C=O) groups excluding carboxylic acids is 1. The maximum absolute atomic E-state index is 12.3. The molecule has 3 rings (SSSR count). The van der Waals surface area contributed by atoms with Gasteiger partial charge in [0, 0.05) is 13.1 Å². The fourth-order valence-corrected chi connectivity index (χ4v) is 3.55. The van der Waals surface area contributed by atoms with Gasteiger partial charge in [-0.25, -0.2) is 4.79 Å². The van der Waals surface area contributed by atoms with Crippen LogP contribution in [0.25, 0.3) is 0 Å². The highest BCUT2D eigenvalue weighted by atomic mass is 16.3. The van der Waals surface area contributed by atoms with E-state index >= 15 is 0 Å². The summed E-state index contributed by atoms with van der Waals surface area (Å²) in [6.07, 6.45) is 4.56. The van der Waals surface area contributed by atoms with E-state index in [1.807, 2.05) is 0 Å². The highest BCUT2D eigenvalue weighted by molar-refractivity contribution is 5.75. The number of fused-ring (bicyclic) bond motifs is 1. The van der Waals surface area contributed by atoms with Crippen LogP contribution in [0.3, 0.4) is 0 Å². The Morgan fingerprint density at radius 2 is 2.19 bits per heavy atom. The summed E-state index contributed by atoms with van der Waals surface area (Å²) in [6.45, 7) is 3.44. The summed E-state index contributed by atoms with van der Waals surface area (Å²) in [5.74, 6) is 0.376. The Morgan fingerprint density at radius 3 is 3.00 bits per heavy atom. The predicted molar refractivity (Wildman–Crippen MR) is 82.1 cm³/mol. The molecule has 0 radical (unpaired) electrons. The fraction of sp³-hybridized carbons (Fsp3) is 0.588. The molecule has 1 aliphatic heterocycles. The van der Waals surface area contributed by atoms with Gasteiger partial charge < -0.3 is 15.3 Å². The Bertz CT molecular complexity index is 530. The van der Waals surface area contributed by atoms with Gasteiger partial charge in [-0.05, 0) is 48.3 Å². The van der Waals surface area contributed by atoms with Gasteiger partial charge in [0.15, 0.2) is 0 Å². The van der Waals surface area contributed by atoms with Crippen LogP contribution in [0.5, 0.6) is 0 Å². The number of hydrogen-bond acceptors (Lipinski definition) is 2. The van der Waals surface area contributed by atoms with Gasteiger partial charge in [-0.2, -0.15) is 0 Å². The second-order valence-electron chi connectivity index (χ2n) is 6.32. The Hall–Kier alpha value is -1.55. The van der Waals surface area contributed by atoms with E-state index < -0.39 is 0 Å². The first-order chi connectivity index (χ1) is 10.2. The summed E-state index contributed by atoms with van der Waals surface area (Å²) in [4.78, 5) is 14.0. The maximum Gasteiger partial charge on any atom is 0.318 e. The monoisotopic (exact) mass is 288 g/mol. The van der Waals surface area contributed by atoms with Crippen LogP contribution in [0.2, 0.25) is 0 Å². The Morgan fingerprint density at radius 1 is 1.38 bits per heavy atom. The molecule has 4 nitrogen and oxygen atoms in total. The van der Waals surface area contributed by atoms with Gasteiger partial charge in [0.2, 0.25) is 0 Å². The highest BCUT2D eigenvalue weighted by Crippen LogP contribution is 2.24. The summed E-state index contributed by atoms with van der Waals surface area (Å²) in [5, 5.41) is 12.4. The molecule has 0 unspecified atom stereocenters. The van der Waals surface area contributed by atoms with E-state index in [9.17, 15) is 9.90 Å². The van der Waals surface area contributed by atoms with E-state index in [1.54, 1.807) is 4.90 Å². The van der Waals surface area contributed by atoms with Gasteiger partial charge in [0.25, 0.3) is 0 Å². The van der Waals surface area contributed by atoms with Gasteiger partial charge in [0.05, 0.1) is 12.6 Å². The molecule has 1 aliphatic carbocycles. The molecule has 4 heteroatoms. The predicted octanol–water partition coefficient (Wildman–Crippen LogP) is 2.09. The van der Waals surface area contributed by atoms with E-state index in [1.165, 1.54) is 24.0 Å². The van der Waals surface area contributed by atoms with Crippen LogP contribution in [-0.2, 0) is 19.4 Å². The number of urea groups is 1. The third-order valence-corrected chi connectivity index (χ3v) is 4.94. The van der Waals surface area contributed by atoms with E-state index in [-0.39, 0.29) is 18.7 Å². The molecule has 0 saturated carbocycles. The quantitative estimate of drug-likeness (QED) is 0.895. The summed E-state index contributed by atoms with van der Waals surface area (Å²) < 4.78 is 0.